The Hall–Kier alpha value is -4.00. The van der Waals surface area contributed by atoms with Crippen LogP contribution in [0.2, 0.25) is 0 Å². The summed E-state index contributed by atoms with van der Waals surface area (Å²) in [6.07, 6.45) is 1.12. The third-order valence-corrected chi connectivity index (χ3v) is 6.36. The van der Waals surface area contributed by atoms with Gasteiger partial charge >= 0.3 is 5.63 Å². The van der Waals surface area contributed by atoms with Crippen LogP contribution in [0.1, 0.15) is 31.8 Å². The van der Waals surface area contributed by atoms with Crippen LogP contribution in [-0.4, -0.2) is 30.1 Å². The van der Waals surface area contributed by atoms with Gasteiger partial charge in [-0.1, -0.05) is 42.5 Å². The molecule has 1 atom stereocenters. The third-order valence-electron chi connectivity index (χ3n) is 6.36. The van der Waals surface area contributed by atoms with Crippen molar-refractivity contribution in [1.82, 2.24) is 0 Å². The Bertz CT molecular complexity index is 1350. The molecule has 0 radical (unpaired) electrons. The molecule has 0 unspecified atom stereocenters. The van der Waals surface area contributed by atoms with E-state index in [-0.39, 0.29) is 22.4 Å². The first-order valence-electron chi connectivity index (χ1n) is 9.34. The van der Waals surface area contributed by atoms with E-state index in [9.17, 15) is 19.2 Å². The minimum absolute atomic E-state index is 0.000732. The molecule has 0 bridgehead atoms. The molecule has 2 spiro atoms. The standard InChI is InChI=1S/C23H13NO6/c1-24-15-9-5-4-8-14(15)22(21(24)28)17-16(10-11-29-20(17)27)30-23(22)18(25)12-6-2-3-7-13(12)19(23)26/h2-11H,1H3/t22-/m0/s1. The van der Waals surface area contributed by atoms with Crippen molar-refractivity contribution in [3.05, 3.63) is 93.5 Å². The van der Waals surface area contributed by atoms with Crippen molar-refractivity contribution < 1.29 is 23.5 Å². The molecule has 0 N–H and O–H groups in total. The number of anilines is 1. The predicted molar refractivity (Wildman–Crippen MR) is 104 cm³/mol. The average molecular weight is 399 g/mol. The van der Waals surface area contributed by atoms with Crippen LogP contribution in [0.4, 0.5) is 5.69 Å². The number of rotatable bonds is 0. The highest BCUT2D eigenvalue weighted by atomic mass is 16.5. The molecule has 6 rings (SSSR count). The van der Waals surface area contributed by atoms with E-state index >= 15 is 0 Å². The first-order chi connectivity index (χ1) is 14.5. The van der Waals surface area contributed by atoms with E-state index in [0.29, 0.717) is 11.3 Å². The van der Waals surface area contributed by atoms with E-state index in [2.05, 4.69) is 0 Å². The zero-order chi connectivity index (χ0) is 20.8. The molecule has 146 valence electrons. The zero-order valence-electron chi connectivity index (χ0n) is 15.7. The molecule has 30 heavy (non-hydrogen) atoms. The maximum Gasteiger partial charge on any atom is 0.344 e. The fraction of sp³-hybridized carbons (Fsp3) is 0.130. The lowest BCUT2D eigenvalue weighted by Crippen LogP contribution is -2.64. The fourth-order valence-electron chi connectivity index (χ4n) is 5.18. The molecular weight excluding hydrogens is 386 g/mol. The number of amides is 1. The van der Waals surface area contributed by atoms with Crippen LogP contribution in [0.5, 0.6) is 5.75 Å². The van der Waals surface area contributed by atoms with E-state index < -0.39 is 34.1 Å². The smallest absolute Gasteiger partial charge is 0.344 e. The van der Waals surface area contributed by atoms with Crippen LogP contribution in [0, 0.1) is 0 Å². The van der Waals surface area contributed by atoms with Gasteiger partial charge in [-0.2, -0.15) is 0 Å². The van der Waals surface area contributed by atoms with Crippen LogP contribution in [0.3, 0.4) is 0 Å². The largest absolute Gasteiger partial charge is 0.468 e. The number of fused-ring (bicyclic) bond motifs is 6. The zero-order valence-corrected chi connectivity index (χ0v) is 15.7. The van der Waals surface area contributed by atoms with Gasteiger partial charge in [-0.15, -0.1) is 0 Å². The molecule has 2 aromatic carbocycles. The SMILES string of the molecule is CN1C(=O)[C@]2(c3ccccc31)c1c(ccoc1=O)OC21C(=O)c2ccccc2C1=O. The Labute approximate surface area is 169 Å². The Morgan fingerprint density at radius 2 is 1.47 bits per heavy atom. The second kappa shape index (κ2) is 5.13. The van der Waals surface area contributed by atoms with Crippen LogP contribution >= 0.6 is 0 Å². The van der Waals surface area contributed by atoms with E-state index in [4.69, 9.17) is 9.15 Å². The molecular formula is C23H13NO6. The Kier molecular flexibility index (Phi) is 2.89. The third kappa shape index (κ3) is 1.50. The number of para-hydroxylation sites is 1. The summed E-state index contributed by atoms with van der Waals surface area (Å²) in [6, 6.07) is 14.5. The molecule has 1 aliphatic carbocycles. The average Bonchev–Trinajstić information content (AvgIpc) is 3.29. The lowest BCUT2D eigenvalue weighted by molar-refractivity contribution is -0.124. The summed E-state index contributed by atoms with van der Waals surface area (Å²) in [4.78, 5) is 55.7. The number of likely N-dealkylation sites (N-methyl/N-ethyl adjacent to an activating group) is 1. The predicted octanol–water partition coefficient (Wildman–Crippen LogP) is 2.11. The number of nitrogens with zero attached hydrogens (tertiary/aromatic N) is 1. The molecule has 0 saturated carbocycles. The number of benzene rings is 2. The number of hydrogen-bond acceptors (Lipinski definition) is 6. The number of carbonyl (C=O) groups is 3. The first kappa shape index (κ1) is 16.9. The van der Waals surface area contributed by atoms with Gasteiger partial charge in [0.1, 0.15) is 11.3 Å². The van der Waals surface area contributed by atoms with Gasteiger partial charge in [0.15, 0.2) is 5.41 Å². The second-order valence-corrected chi connectivity index (χ2v) is 7.57. The Morgan fingerprint density at radius 1 is 0.833 bits per heavy atom. The summed E-state index contributed by atoms with van der Waals surface area (Å²) >= 11 is 0. The summed E-state index contributed by atoms with van der Waals surface area (Å²) in [5, 5.41) is 0. The topological polar surface area (TPSA) is 93.9 Å². The number of hydrogen-bond donors (Lipinski definition) is 0. The molecule has 2 aliphatic heterocycles. The summed E-state index contributed by atoms with van der Waals surface area (Å²) in [5.41, 5.74) is -3.96. The van der Waals surface area contributed by atoms with Gasteiger partial charge in [0, 0.05) is 35.5 Å². The van der Waals surface area contributed by atoms with Crippen LogP contribution in [0.15, 0.2) is 70.1 Å². The highest BCUT2D eigenvalue weighted by Gasteiger charge is 2.79. The monoisotopic (exact) mass is 399 g/mol. The van der Waals surface area contributed by atoms with Gasteiger partial charge in [0.25, 0.3) is 5.60 Å². The normalized spacial score (nSPS) is 22.4. The van der Waals surface area contributed by atoms with Crippen molar-refractivity contribution in [3.63, 3.8) is 0 Å². The summed E-state index contributed by atoms with van der Waals surface area (Å²) in [6.45, 7) is 0. The highest BCUT2D eigenvalue weighted by Crippen LogP contribution is 2.61. The Balaban J connectivity index is 1.82. The van der Waals surface area contributed by atoms with Crippen LogP contribution in [0.25, 0.3) is 0 Å². The molecule has 0 fully saturated rings. The van der Waals surface area contributed by atoms with Gasteiger partial charge in [0.2, 0.25) is 17.5 Å². The quantitative estimate of drug-likeness (QED) is 0.538. The molecule has 3 aliphatic rings. The van der Waals surface area contributed by atoms with Gasteiger partial charge in [-0.3, -0.25) is 14.4 Å². The summed E-state index contributed by atoms with van der Waals surface area (Å²) < 4.78 is 11.1. The van der Waals surface area contributed by atoms with Gasteiger partial charge in [0.05, 0.1) is 6.26 Å². The molecule has 7 heteroatoms. The van der Waals surface area contributed by atoms with E-state index in [0.717, 1.165) is 6.26 Å². The summed E-state index contributed by atoms with van der Waals surface area (Å²) in [5.74, 6) is -1.87. The van der Waals surface area contributed by atoms with Crippen molar-refractivity contribution in [3.8, 4) is 5.75 Å². The van der Waals surface area contributed by atoms with Crippen molar-refractivity contribution in [1.29, 1.82) is 0 Å². The molecule has 3 heterocycles. The van der Waals surface area contributed by atoms with E-state index in [1.165, 1.54) is 23.1 Å². The van der Waals surface area contributed by atoms with Gasteiger partial charge in [-0.25, -0.2) is 4.79 Å². The minimum Gasteiger partial charge on any atom is -0.468 e. The maximum absolute atomic E-state index is 13.9. The van der Waals surface area contributed by atoms with Gasteiger partial charge in [-0.05, 0) is 6.07 Å². The minimum atomic E-state index is -2.24. The molecule has 1 amide bonds. The van der Waals surface area contributed by atoms with E-state index in [1.54, 1.807) is 43.4 Å². The number of ketones is 2. The van der Waals surface area contributed by atoms with Crippen molar-refractivity contribution in [2.75, 3.05) is 11.9 Å². The van der Waals surface area contributed by atoms with Crippen molar-refractivity contribution >= 4 is 23.2 Å². The summed E-state index contributed by atoms with van der Waals surface area (Å²) in [7, 11) is 1.54. The molecule has 0 saturated heterocycles. The lowest BCUT2D eigenvalue weighted by atomic mass is 9.63. The van der Waals surface area contributed by atoms with Crippen LogP contribution in [-0.2, 0) is 10.2 Å². The molecule has 7 nitrogen and oxygen atoms in total. The number of carbonyl (C=O) groups excluding carboxylic acids is 3. The first-order valence-corrected chi connectivity index (χ1v) is 9.34. The number of Topliss-reactive ketones (excluding diaryl/α,β-unsaturated/α-hetero) is 2. The highest BCUT2D eigenvalue weighted by molar-refractivity contribution is 6.37. The fourth-order valence-corrected chi connectivity index (χ4v) is 5.18. The van der Waals surface area contributed by atoms with Crippen LogP contribution < -0.4 is 15.3 Å². The van der Waals surface area contributed by atoms with Crippen molar-refractivity contribution in [2.45, 2.75) is 11.0 Å². The van der Waals surface area contributed by atoms with Crippen molar-refractivity contribution in [2.24, 2.45) is 0 Å². The second-order valence-electron chi connectivity index (χ2n) is 7.57. The molecule has 1 aromatic heterocycles. The number of ether oxygens (including phenoxy) is 1. The van der Waals surface area contributed by atoms with Gasteiger partial charge < -0.3 is 14.1 Å². The maximum atomic E-state index is 13.9. The van der Waals surface area contributed by atoms with E-state index in [1.807, 2.05) is 0 Å². The lowest BCUT2D eigenvalue weighted by Gasteiger charge is -2.34. The molecule has 3 aromatic rings. The Morgan fingerprint density at radius 3 is 2.17 bits per heavy atom.